The van der Waals surface area contributed by atoms with Crippen molar-refractivity contribution in [2.75, 3.05) is 25.0 Å². The Labute approximate surface area is 125 Å². The van der Waals surface area contributed by atoms with Gasteiger partial charge in [0.05, 0.1) is 4.92 Å². The summed E-state index contributed by atoms with van der Waals surface area (Å²) < 4.78 is 0. The van der Waals surface area contributed by atoms with Crippen LogP contribution in [0.5, 0.6) is 0 Å². The van der Waals surface area contributed by atoms with Crippen molar-refractivity contribution in [1.82, 2.24) is 9.88 Å². The third kappa shape index (κ3) is 4.39. The summed E-state index contributed by atoms with van der Waals surface area (Å²) >= 11 is 0. The first-order valence-corrected chi connectivity index (χ1v) is 7.67. The molecule has 1 aliphatic heterocycles. The molecule has 2 heterocycles. The van der Waals surface area contributed by atoms with Crippen molar-refractivity contribution in [3.63, 3.8) is 0 Å². The Morgan fingerprint density at radius 1 is 1.52 bits per heavy atom. The van der Waals surface area contributed by atoms with Crippen LogP contribution in [-0.2, 0) is 0 Å². The monoisotopic (exact) mass is 292 g/mol. The third-order valence-corrected chi connectivity index (χ3v) is 4.13. The van der Waals surface area contributed by atoms with E-state index in [1.54, 1.807) is 6.07 Å². The molecular weight excluding hydrogens is 268 g/mol. The molecule has 21 heavy (non-hydrogen) atoms. The van der Waals surface area contributed by atoms with Crippen molar-refractivity contribution in [3.8, 4) is 0 Å². The molecule has 1 atom stereocenters. The van der Waals surface area contributed by atoms with Crippen LogP contribution in [0.4, 0.5) is 11.5 Å². The van der Waals surface area contributed by atoms with Gasteiger partial charge in [-0.3, -0.25) is 10.1 Å². The maximum Gasteiger partial charge on any atom is 0.287 e. The molecule has 1 saturated heterocycles. The molecule has 6 nitrogen and oxygen atoms in total. The van der Waals surface area contributed by atoms with E-state index in [9.17, 15) is 10.1 Å². The summed E-state index contributed by atoms with van der Waals surface area (Å²) in [5, 5.41) is 13.9. The van der Waals surface area contributed by atoms with Gasteiger partial charge in [-0.25, -0.2) is 4.98 Å². The van der Waals surface area contributed by atoms with E-state index in [1.807, 2.05) is 6.92 Å². The second-order valence-electron chi connectivity index (χ2n) is 5.78. The number of likely N-dealkylation sites (tertiary alicyclic amines) is 1. The SMILES string of the molecule is Cc1cc([N+](=O)[O-])cnc1NCCCN1CCCCC1C. The van der Waals surface area contributed by atoms with Gasteiger partial charge in [-0.1, -0.05) is 6.42 Å². The summed E-state index contributed by atoms with van der Waals surface area (Å²) in [6, 6.07) is 2.25. The quantitative estimate of drug-likeness (QED) is 0.496. The summed E-state index contributed by atoms with van der Waals surface area (Å²) in [5.74, 6) is 0.743. The van der Waals surface area contributed by atoms with Crippen LogP contribution in [0.1, 0.15) is 38.2 Å². The van der Waals surface area contributed by atoms with Crippen molar-refractivity contribution >= 4 is 11.5 Å². The summed E-state index contributed by atoms with van der Waals surface area (Å²) in [7, 11) is 0. The van der Waals surface area contributed by atoms with Gasteiger partial charge in [-0.05, 0) is 45.2 Å². The molecule has 0 saturated carbocycles. The average molecular weight is 292 g/mol. The lowest BCUT2D eigenvalue weighted by molar-refractivity contribution is -0.385. The minimum Gasteiger partial charge on any atom is -0.370 e. The van der Waals surface area contributed by atoms with E-state index >= 15 is 0 Å². The Kier molecular flexibility index (Phi) is 5.50. The van der Waals surface area contributed by atoms with Crippen LogP contribution in [0.2, 0.25) is 0 Å². The standard InChI is InChI=1S/C15H24N4O2/c1-12-10-14(19(20)21)11-17-15(12)16-7-5-9-18-8-4-3-6-13(18)2/h10-11,13H,3-9H2,1-2H3,(H,16,17). The van der Waals surface area contributed by atoms with Gasteiger partial charge in [0.1, 0.15) is 12.0 Å². The third-order valence-electron chi connectivity index (χ3n) is 4.13. The van der Waals surface area contributed by atoms with Gasteiger partial charge in [0, 0.05) is 25.2 Å². The Morgan fingerprint density at radius 3 is 3.00 bits per heavy atom. The Bertz CT molecular complexity index is 493. The van der Waals surface area contributed by atoms with Gasteiger partial charge in [-0.15, -0.1) is 0 Å². The first-order valence-electron chi connectivity index (χ1n) is 7.67. The predicted molar refractivity (Wildman–Crippen MR) is 83.6 cm³/mol. The largest absolute Gasteiger partial charge is 0.370 e. The first kappa shape index (κ1) is 15.7. The molecule has 116 valence electrons. The topological polar surface area (TPSA) is 71.3 Å². The van der Waals surface area contributed by atoms with E-state index in [2.05, 4.69) is 22.1 Å². The fraction of sp³-hybridized carbons (Fsp3) is 0.667. The molecule has 6 heteroatoms. The summed E-state index contributed by atoms with van der Waals surface area (Å²) in [5.41, 5.74) is 0.857. The number of aryl methyl sites for hydroxylation is 1. The lowest BCUT2D eigenvalue weighted by atomic mass is 10.0. The lowest BCUT2D eigenvalue weighted by Gasteiger charge is -2.33. The fourth-order valence-corrected chi connectivity index (χ4v) is 2.82. The molecule has 0 radical (unpaired) electrons. The van der Waals surface area contributed by atoms with Crippen molar-refractivity contribution in [2.24, 2.45) is 0 Å². The van der Waals surface area contributed by atoms with E-state index in [-0.39, 0.29) is 5.69 Å². The van der Waals surface area contributed by atoms with Crippen LogP contribution >= 0.6 is 0 Å². The highest BCUT2D eigenvalue weighted by Crippen LogP contribution is 2.18. The van der Waals surface area contributed by atoms with Crippen LogP contribution in [0.25, 0.3) is 0 Å². The molecule has 0 amide bonds. The second kappa shape index (κ2) is 7.36. The van der Waals surface area contributed by atoms with Gasteiger partial charge in [0.25, 0.3) is 5.69 Å². The van der Waals surface area contributed by atoms with Gasteiger partial charge in [0.2, 0.25) is 0 Å². The first-order chi connectivity index (χ1) is 10.1. The molecule has 0 spiro atoms. The molecule has 1 N–H and O–H groups in total. The van der Waals surface area contributed by atoms with Crippen molar-refractivity contribution in [1.29, 1.82) is 0 Å². The number of hydrogen-bond donors (Lipinski definition) is 1. The number of rotatable bonds is 6. The molecule has 1 aliphatic rings. The Morgan fingerprint density at radius 2 is 2.33 bits per heavy atom. The highest BCUT2D eigenvalue weighted by atomic mass is 16.6. The zero-order valence-electron chi connectivity index (χ0n) is 12.8. The van der Waals surface area contributed by atoms with Crippen LogP contribution in [-0.4, -0.2) is 40.5 Å². The van der Waals surface area contributed by atoms with E-state index in [0.29, 0.717) is 6.04 Å². The molecule has 1 aromatic heterocycles. The predicted octanol–water partition coefficient (Wildman–Crippen LogP) is 2.97. The van der Waals surface area contributed by atoms with Crippen molar-refractivity contribution in [2.45, 2.75) is 45.6 Å². The molecule has 0 bridgehead atoms. The molecule has 0 aliphatic carbocycles. The number of piperidine rings is 1. The molecule has 1 fully saturated rings. The molecule has 1 aromatic rings. The average Bonchev–Trinajstić information content (AvgIpc) is 2.46. The summed E-state index contributed by atoms with van der Waals surface area (Å²) in [4.78, 5) is 16.9. The van der Waals surface area contributed by atoms with E-state index in [1.165, 1.54) is 32.0 Å². The minimum absolute atomic E-state index is 0.0418. The normalized spacial score (nSPS) is 19.4. The van der Waals surface area contributed by atoms with Crippen LogP contribution < -0.4 is 5.32 Å². The van der Waals surface area contributed by atoms with Gasteiger partial charge >= 0.3 is 0 Å². The second-order valence-corrected chi connectivity index (χ2v) is 5.78. The molecule has 2 rings (SSSR count). The highest BCUT2D eigenvalue weighted by molar-refractivity contribution is 5.48. The van der Waals surface area contributed by atoms with E-state index in [0.717, 1.165) is 30.9 Å². The van der Waals surface area contributed by atoms with Crippen LogP contribution in [0, 0.1) is 17.0 Å². The van der Waals surface area contributed by atoms with E-state index < -0.39 is 4.92 Å². The van der Waals surface area contributed by atoms with Crippen molar-refractivity contribution in [3.05, 3.63) is 27.9 Å². The maximum atomic E-state index is 10.7. The number of nitro groups is 1. The number of pyridine rings is 1. The van der Waals surface area contributed by atoms with Crippen LogP contribution in [0.3, 0.4) is 0 Å². The Hall–Kier alpha value is -1.69. The van der Waals surface area contributed by atoms with E-state index in [4.69, 9.17) is 0 Å². The summed E-state index contributed by atoms with van der Waals surface area (Å²) in [6.45, 7) is 7.29. The highest BCUT2D eigenvalue weighted by Gasteiger charge is 2.17. The van der Waals surface area contributed by atoms with Gasteiger partial charge < -0.3 is 10.2 Å². The van der Waals surface area contributed by atoms with Crippen LogP contribution in [0.15, 0.2) is 12.3 Å². The number of nitrogens with one attached hydrogen (secondary N) is 1. The maximum absolute atomic E-state index is 10.7. The number of anilines is 1. The zero-order chi connectivity index (χ0) is 15.2. The smallest absolute Gasteiger partial charge is 0.287 e. The fourth-order valence-electron chi connectivity index (χ4n) is 2.82. The van der Waals surface area contributed by atoms with Crippen molar-refractivity contribution < 1.29 is 4.92 Å². The minimum atomic E-state index is -0.415. The number of hydrogen-bond acceptors (Lipinski definition) is 5. The molecular formula is C15H24N4O2. The molecule has 1 unspecified atom stereocenters. The Balaban J connectivity index is 1.77. The van der Waals surface area contributed by atoms with Gasteiger partial charge in [-0.2, -0.15) is 0 Å². The molecule has 0 aromatic carbocycles. The number of nitrogens with zero attached hydrogens (tertiary/aromatic N) is 3. The number of aromatic nitrogens is 1. The lowest BCUT2D eigenvalue weighted by Crippen LogP contribution is -2.38. The zero-order valence-corrected chi connectivity index (χ0v) is 12.8. The summed E-state index contributed by atoms with van der Waals surface area (Å²) in [6.07, 6.45) is 6.32. The van der Waals surface area contributed by atoms with Gasteiger partial charge in [0.15, 0.2) is 0 Å².